The Hall–Kier alpha value is -4.32. The molecule has 4 nitrogen and oxygen atoms in total. The molecule has 0 aliphatic carbocycles. The number of rotatable bonds is 8. The molecule has 0 aromatic heterocycles. The second-order valence-corrected chi connectivity index (χ2v) is 12.3. The Morgan fingerprint density at radius 3 is 1.72 bits per heavy atom. The van der Waals surface area contributed by atoms with Gasteiger partial charge in [-0.1, -0.05) is 128 Å². The molecule has 4 rings (SSSR count). The van der Waals surface area contributed by atoms with E-state index in [1.165, 1.54) is 7.11 Å². The Morgan fingerprint density at radius 2 is 1.23 bits per heavy atom. The van der Waals surface area contributed by atoms with Gasteiger partial charge in [-0.05, 0) is 41.4 Å². The molecule has 0 fully saturated rings. The number of unbranched alkanes of at least 4 members (excludes halogenated alkanes) is 2. The second-order valence-electron chi connectivity index (χ2n) is 8.92. The lowest BCUT2D eigenvalue weighted by Crippen LogP contribution is -2.40. The number of esters is 1. The van der Waals surface area contributed by atoms with Crippen molar-refractivity contribution >= 4 is 45.7 Å². The number of ether oxygens (including phenoxy) is 1. The smallest absolute Gasteiger partial charge is 0.344 e. The Balaban J connectivity index is 2.03. The molecule has 196 valence electrons. The van der Waals surface area contributed by atoms with Crippen molar-refractivity contribution in [2.24, 2.45) is 0 Å². The van der Waals surface area contributed by atoms with Crippen LogP contribution in [-0.4, -0.2) is 24.3 Å². The van der Waals surface area contributed by atoms with Gasteiger partial charge in [0.1, 0.15) is 5.29 Å². The first-order valence-corrected chi connectivity index (χ1v) is 14.8. The van der Waals surface area contributed by atoms with E-state index in [0.717, 1.165) is 35.2 Å². The van der Waals surface area contributed by atoms with Crippen LogP contribution < -0.4 is 21.2 Å². The van der Waals surface area contributed by atoms with Gasteiger partial charge in [0, 0.05) is 12.0 Å². The Kier molecular flexibility index (Phi) is 9.57. The zero-order valence-corrected chi connectivity index (χ0v) is 23.2. The lowest BCUT2D eigenvalue weighted by molar-refractivity contribution is -0.133. The first-order valence-electron chi connectivity index (χ1n) is 13.0. The molecule has 0 aliphatic heterocycles. The van der Waals surface area contributed by atoms with Crippen LogP contribution in [0.3, 0.4) is 0 Å². The van der Waals surface area contributed by atoms with E-state index in [2.05, 4.69) is 24.1 Å². The number of carbonyl (C=O) groups is 2. The van der Waals surface area contributed by atoms with Crippen molar-refractivity contribution in [2.75, 3.05) is 12.4 Å². The van der Waals surface area contributed by atoms with Crippen LogP contribution in [0.5, 0.6) is 0 Å². The van der Waals surface area contributed by atoms with Gasteiger partial charge in [0.15, 0.2) is 0 Å². The van der Waals surface area contributed by atoms with Gasteiger partial charge in [0.05, 0.1) is 12.8 Å². The summed E-state index contributed by atoms with van der Waals surface area (Å²) in [7, 11) is 1.32. The molecular formula is C34H32NO3P. The molecule has 0 atom stereocenters. The fourth-order valence-corrected chi connectivity index (χ4v) is 8.83. The average molecular weight is 534 g/mol. The Morgan fingerprint density at radius 1 is 0.744 bits per heavy atom. The molecule has 4 aromatic carbocycles. The van der Waals surface area contributed by atoms with Gasteiger partial charge in [-0.2, -0.15) is 0 Å². The molecule has 0 spiro atoms. The topological polar surface area (TPSA) is 55.4 Å². The maximum atomic E-state index is 14.3. The molecule has 4 aromatic rings. The van der Waals surface area contributed by atoms with Gasteiger partial charge in [-0.3, -0.25) is 4.79 Å². The lowest BCUT2D eigenvalue weighted by atomic mass is 10.1. The van der Waals surface area contributed by atoms with E-state index >= 15 is 0 Å². The number of hydrogen-bond acceptors (Lipinski definition) is 3. The summed E-state index contributed by atoms with van der Waals surface area (Å²) in [4.78, 5) is 28.1. The van der Waals surface area contributed by atoms with Crippen LogP contribution in [-0.2, 0) is 14.3 Å². The first kappa shape index (κ1) is 27.7. The summed E-state index contributed by atoms with van der Waals surface area (Å²) in [6.07, 6.45) is 2.86. The van der Waals surface area contributed by atoms with Crippen molar-refractivity contribution < 1.29 is 14.3 Å². The number of carbonyl (C=O) groups excluding carboxylic acids is 2. The molecule has 5 heteroatoms. The third kappa shape index (κ3) is 6.06. The van der Waals surface area contributed by atoms with Crippen LogP contribution in [0, 0.1) is 11.8 Å². The van der Waals surface area contributed by atoms with E-state index < -0.39 is 18.8 Å². The van der Waals surface area contributed by atoms with Gasteiger partial charge in [-0.15, -0.1) is 0 Å². The van der Waals surface area contributed by atoms with Crippen LogP contribution in [0.1, 0.15) is 31.7 Å². The molecule has 0 aliphatic rings. The summed E-state index contributed by atoms with van der Waals surface area (Å²) in [6, 6.07) is 36.7. The Bertz CT molecular complexity index is 1430. The predicted octanol–water partition coefficient (Wildman–Crippen LogP) is 5.51. The monoisotopic (exact) mass is 533 g/mol. The third-order valence-corrected chi connectivity index (χ3v) is 10.7. The molecule has 0 saturated carbocycles. The molecule has 0 bridgehead atoms. The number of anilines is 1. The fourth-order valence-electron chi connectivity index (χ4n) is 4.57. The average Bonchev–Trinajstić information content (AvgIpc) is 2.99. The number of benzene rings is 4. The zero-order chi connectivity index (χ0) is 27.5. The number of para-hydroxylation sites is 1. The fraction of sp³-hybridized carbons (Fsp3) is 0.147. The highest BCUT2D eigenvalue weighted by atomic mass is 31.2. The highest BCUT2D eigenvalue weighted by Crippen LogP contribution is 2.46. The zero-order valence-electron chi connectivity index (χ0n) is 22.3. The van der Waals surface area contributed by atoms with Crippen molar-refractivity contribution in [3.8, 4) is 11.8 Å². The maximum absolute atomic E-state index is 14.3. The largest absolute Gasteiger partial charge is 0.465 e. The molecule has 0 radical (unpaired) electrons. The van der Waals surface area contributed by atoms with E-state index in [1.807, 2.05) is 115 Å². The molecule has 0 heterocycles. The SMILES string of the molecule is CCCCC#Cc1ccccc1NC(=O)C(C(=O)OC)=P(c1ccccc1)(c1ccccc1)c1ccccc1. The number of methoxy groups -OCH3 is 1. The summed E-state index contributed by atoms with van der Waals surface area (Å²) >= 11 is 0. The number of hydrogen-bond donors (Lipinski definition) is 1. The van der Waals surface area contributed by atoms with Gasteiger partial charge >= 0.3 is 5.97 Å². The van der Waals surface area contributed by atoms with E-state index in [9.17, 15) is 9.59 Å². The van der Waals surface area contributed by atoms with E-state index in [1.54, 1.807) is 0 Å². The first-order chi connectivity index (χ1) is 19.1. The van der Waals surface area contributed by atoms with Crippen molar-refractivity contribution in [1.82, 2.24) is 0 Å². The minimum absolute atomic E-state index is 0.0716. The van der Waals surface area contributed by atoms with Crippen LogP contribution >= 0.6 is 6.89 Å². The Labute approximate surface area is 231 Å². The van der Waals surface area contributed by atoms with Crippen LogP contribution in [0.15, 0.2) is 115 Å². The van der Waals surface area contributed by atoms with Gasteiger partial charge in [0.25, 0.3) is 5.91 Å². The van der Waals surface area contributed by atoms with Crippen molar-refractivity contribution in [3.05, 3.63) is 121 Å². The third-order valence-electron chi connectivity index (χ3n) is 6.41. The van der Waals surface area contributed by atoms with E-state index in [4.69, 9.17) is 4.74 Å². The predicted molar refractivity (Wildman–Crippen MR) is 164 cm³/mol. The quantitative estimate of drug-likeness (QED) is 0.107. The molecule has 0 unspecified atom stereocenters. The van der Waals surface area contributed by atoms with Crippen molar-refractivity contribution in [1.29, 1.82) is 0 Å². The summed E-state index contributed by atoms with van der Waals surface area (Å²) in [5.74, 6) is 5.21. The van der Waals surface area contributed by atoms with E-state index in [-0.39, 0.29) is 5.29 Å². The molecule has 0 saturated heterocycles. The van der Waals surface area contributed by atoms with Gasteiger partial charge in [0.2, 0.25) is 0 Å². The molecule has 39 heavy (non-hydrogen) atoms. The van der Waals surface area contributed by atoms with Gasteiger partial charge < -0.3 is 10.1 Å². The summed E-state index contributed by atoms with van der Waals surface area (Å²) in [5.41, 5.74) is 1.26. The lowest BCUT2D eigenvalue weighted by Gasteiger charge is -2.31. The van der Waals surface area contributed by atoms with Crippen LogP contribution in [0.25, 0.3) is 0 Å². The highest BCUT2D eigenvalue weighted by Gasteiger charge is 2.37. The van der Waals surface area contributed by atoms with Crippen LogP contribution in [0.2, 0.25) is 0 Å². The minimum atomic E-state index is -2.98. The summed E-state index contributed by atoms with van der Waals surface area (Å²) in [5, 5.41) is 5.74. The van der Waals surface area contributed by atoms with Gasteiger partial charge in [-0.25, -0.2) is 4.79 Å². The van der Waals surface area contributed by atoms with Crippen molar-refractivity contribution in [3.63, 3.8) is 0 Å². The summed E-state index contributed by atoms with van der Waals surface area (Å²) in [6.45, 7) is -0.854. The number of amides is 1. The second kappa shape index (κ2) is 13.5. The van der Waals surface area contributed by atoms with Crippen molar-refractivity contribution in [2.45, 2.75) is 26.2 Å². The number of nitrogens with one attached hydrogen (secondary N) is 1. The van der Waals surface area contributed by atoms with E-state index in [0.29, 0.717) is 11.3 Å². The highest BCUT2D eigenvalue weighted by molar-refractivity contribution is 7.97. The molecule has 1 N–H and O–H groups in total. The standard InChI is InChI=1S/C34H32NO3P/c1-3-4-5-9-18-27-19-16-17-26-31(27)35-33(36)32(34(37)38-2)39(28-20-10-6-11-21-28,29-22-12-7-13-23-29)30-24-14-8-15-25-30/h6-8,10-17,19-26H,3-5H2,1-2H3,(H,35,36). The minimum Gasteiger partial charge on any atom is -0.465 e. The summed E-state index contributed by atoms with van der Waals surface area (Å²) < 4.78 is 5.33. The molecular weight excluding hydrogens is 501 g/mol. The molecule has 1 amide bonds. The van der Waals surface area contributed by atoms with Crippen LogP contribution in [0.4, 0.5) is 5.69 Å². The maximum Gasteiger partial charge on any atom is 0.344 e. The normalized spacial score (nSPS) is 10.6.